The second-order valence-corrected chi connectivity index (χ2v) is 11.5. The number of carbonyl (C=O) groups excluding carboxylic acids is 2. The number of rotatable bonds is 8. The molecule has 45 heavy (non-hydrogen) atoms. The number of aromatic amines is 1. The quantitative estimate of drug-likeness (QED) is 0.0924. The molecule has 5 aromatic rings. The number of H-pyrrole nitrogens is 1. The Bertz CT molecular complexity index is 1960. The van der Waals surface area contributed by atoms with Crippen LogP contribution in [0.4, 0.5) is 10.5 Å². The van der Waals surface area contributed by atoms with Gasteiger partial charge in [0.25, 0.3) is 11.2 Å². The van der Waals surface area contributed by atoms with E-state index in [1.165, 1.54) is 22.7 Å². The van der Waals surface area contributed by atoms with Crippen molar-refractivity contribution < 1.29 is 24.0 Å². The van der Waals surface area contributed by atoms with E-state index in [-0.39, 0.29) is 22.7 Å². The normalized spacial score (nSPS) is 11.3. The lowest BCUT2D eigenvalue weighted by Crippen LogP contribution is -2.36. The third-order valence-corrected chi connectivity index (χ3v) is 6.75. The van der Waals surface area contributed by atoms with Crippen molar-refractivity contribution in [1.29, 1.82) is 0 Å². The SMILES string of the molecule is CC(C)(C)OC(=O)NCC(=O)Oc1cc([N+](=O)[O-])ccc1-c1cc(=O)[nH]c2c(-c3ccc(Cl)cc3)c(Cc3ccccc3)nn12. The van der Waals surface area contributed by atoms with Gasteiger partial charge in [0.2, 0.25) is 0 Å². The molecule has 13 heteroatoms. The van der Waals surface area contributed by atoms with Crippen LogP contribution < -0.4 is 15.6 Å². The monoisotopic (exact) mass is 629 g/mol. The molecule has 0 spiro atoms. The number of carbonyl (C=O) groups is 2. The molecule has 3 aromatic carbocycles. The lowest BCUT2D eigenvalue weighted by molar-refractivity contribution is -0.384. The van der Waals surface area contributed by atoms with Crippen molar-refractivity contribution in [3.8, 4) is 28.1 Å². The number of fused-ring (bicyclic) bond motifs is 1. The Morgan fingerprint density at radius 2 is 1.76 bits per heavy atom. The maximum absolute atomic E-state index is 13.1. The molecule has 230 valence electrons. The fourth-order valence-electron chi connectivity index (χ4n) is 4.65. The van der Waals surface area contributed by atoms with Gasteiger partial charge in [0.05, 0.1) is 22.4 Å². The number of esters is 1. The number of aromatic nitrogens is 3. The predicted octanol–water partition coefficient (Wildman–Crippen LogP) is 5.94. The molecule has 0 saturated carbocycles. The van der Waals surface area contributed by atoms with Crippen LogP contribution in [0, 0.1) is 10.1 Å². The van der Waals surface area contributed by atoms with Crippen molar-refractivity contribution in [3.63, 3.8) is 0 Å². The van der Waals surface area contributed by atoms with Crippen LogP contribution in [0.2, 0.25) is 5.02 Å². The summed E-state index contributed by atoms with van der Waals surface area (Å²) >= 11 is 6.16. The van der Waals surface area contributed by atoms with Crippen LogP contribution in [0.1, 0.15) is 32.0 Å². The lowest BCUT2D eigenvalue weighted by Gasteiger charge is -2.19. The van der Waals surface area contributed by atoms with Gasteiger partial charge in [-0.05, 0) is 50.1 Å². The summed E-state index contributed by atoms with van der Waals surface area (Å²) in [4.78, 5) is 51.8. The fraction of sp³-hybridized carbons (Fsp3) is 0.188. The Labute approximate surface area is 261 Å². The first-order valence-corrected chi connectivity index (χ1v) is 14.2. The minimum absolute atomic E-state index is 0.179. The highest BCUT2D eigenvalue weighted by Gasteiger charge is 2.24. The summed E-state index contributed by atoms with van der Waals surface area (Å²) < 4.78 is 12.1. The highest BCUT2D eigenvalue weighted by atomic mass is 35.5. The van der Waals surface area contributed by atoms with Gasteiger partial charge in [0, 0.05) is 34.7 Å². The smallest absolute Gasteiger partial charge is 0.408 e. The van der Waals surface area contributed by atoms with Gasteiger partial charge >= 0.3 is 12.1 Å². The molecule has 0 aliphatic rings. The standard InChI is InChI=1S/C32H28ClN5O7/c1-32(2,3)45-31(41)34-18-28(40)44-26-16-22(38(42)43)13-14-23(26)25-17-27(39)35-30-29(20-9-11-21(33)12-10-20)24(36-37(25)30)15-19-7-5-4-6-8-19/h4-14,16-17H,15,18H2,1-3H3,(H,34,41)(H,35,39). The summed E-state index contributed by atoms with van der Waals surface area (Å²) in [6, 6.07) is 21.7. The molecule has 2 aromatic heterocycles. The van der Waals surface area contributed by atoms with Gasteiger partial charge in [0.15, 0.2) is 0 Å². The zero-order chi connectivity index (χ0) is 32.3. The van der Waals surface area contributed by atoms with Crippen LogP contribution in [-0.2, 0) is 16.0 Å². The summed E-state index contributed by atoms with van der Waals surface area (Å²) in [5.74, 6) is -1.13. The minimum atomic E-state index is -0.921. The second-order valence-electron chi connectivity index (χ2n) is 11.0. The molecule has 1 amide bonds. The Morgan fingerprint density at radius 3 is 2.42 bits per heavy atom. The number of nitrogens with zero attached hydrogens (tertiary/aromatic N) is 3. The number of nitro benzene ring substituents is 1. The van der Waals surface area contributed by atoms with E-state index in [1.807, 2.05) is 42.5 Å². The third-order valence-electron chi connectivity index (χ3n) is 6.49. The number of ether oxygens (including phenoxy) is 2. The van der Waals surface area contributed by atoms with Crippen molar-refractivity contribution in [2.75, 3.05) is 6.54 Å². The minimum Gasteiger partial charge on any atom is -0.444 e. The van der Waals surface area contributed by atoms with Crippen molar-refractivity contribution in [1.82, 2.24) is 19.9 Å². The summed E-state index contributed by atoms with van der Waals surface area (Å²) in [5, 5.41) is 19.3. The Balaban J connectivity index is 1.62. The van der Waals surface area contributed by atoms with Crippen molar-refractivity contribution in [3.05, 3.63) is 116 Å². The average molecular weight is 630 g/mol. The maximum atomic E-state index is 13.1. The van der Waals surface area contributed by atoms with Crippen LogP contribution in [0.3, 0.4) is 0 Å². The summed E-state index contributed by atoms with van der Waals surface area (Å²) in [7, 11) is 0. The van der Waals surface area contributed by atoms with Gasteiger partial charge in [-0.3, -0.25) is 14.9 Å². The van der Waals surface area contributed by atoms with E-state index in [1.54, 1.807) is 32.9 Å². The van der Waals surface area contributed by atoms with Gasteiger partial charge in [-0.1, -0.05) is 54.1 Å². The molecule has 0 aliphatic carbocycles. The van der Waals surface area contributed by atoms with Gasteiger partial charge in [-0.25, -0.2) is 14.1 Å². The zero-order valence-electron chi connectivity index (χ0n) is 24.5. The summed E-state index contributed by atoms with van der Waals surface area (Å²) in [5.41, 5.74) is 2.12. The van der Waals surface area contributed by atoms with E-state index in [9.17, 15) is 24.5 Å². The summed E-state index contributed by atoms with van der Waals surface area (Å²) in [6.45, 7) is 4.43. The first-order chi connectivity index (χ1) is 21.4. The van der Waals surface area contributed by atoms with Crippen LogP contribution >= 0.6 is 11.6 Å². The average Bonchev–Trinajstić information content (AvgIpc) is 3.33. The van der Waals surface area contributed by atoms with Gasteiger partial charge in [-0.15, -0.1) is 0 Å². The molecule has 12 nitrogen and oxygen atoms in total. The van der Waals surface area contributed by atoms with E-state index >= 15 is 0 Å². The molecule has 0 unspecified atom stereocenters. The van der Waals surface area contributed by atoms with Crippen LogP contribution in [0.25, 0.3) is 28.0 Å². The molecule has 2 N–H and O–H groups in total. The maximum Gasteiger partial charge on any atom is 0.408 e. The molecule has 5 rings (SSSR count). The molecular formula is C32H28ClN5O7. The van der Waals surface area contributed by atoms with Gasteiger partial charge < -0.3 is 19.8 Å². The van der Waals surface area contributed by atoms with E-state index in [0.29, 0.717) is 28.3 Å². The number of amides is 1. The largest absolute Gasteiger partial charge is 0.444 e. The number of nitro groups is 1. The molecule has 0 bridgehead atoms. The van der Waals surface area contributed by atoms with Crippen LogP contribution in [0.15, 0.2) is 83.7 Å². The van der Waals surface area contributed by atoms with Crippen molar-refractivity contribution >= 4 is 35.0 Å². The molecule has 0 atom stereocenters. The lowest BCUT2D eigenvalue weighted by atomic mass is 10.0. The molecule has 0 aliphatic heterocycles. The highest BCUT2D eigenvalue weighted by Crippen LogP contribution is 2.36. The fourth-order valence-corrected chi connectivity index (χ4v) is 4.78. The van der Waals surface area contributed by atoms with Gasteiger partial charge in [-0.2, -0.15) is 5.10 Å². The Hall–Kier alpha value is -5.49. The first-order valence-electron chi connectivity index (χ1n) is 13.8. The van der Waals surface area contributed by atoms with Crippen molar-refractivity contribution in [2.24, 2.45) is 0 Å². The topological polar surface area (TPSA) is 158 Å². The molecule has 0 fully saturated rings. The highest BCUT2D eigenvalue weighted by molar-refractivity contribution is 6.30. The second kappa shape index (κ2) is 12.6. The molecular weight excluding hydrogens is 602 g/mol. The Kier molecular flexibility index (Phi) is 8.68. The first kappa shape index (κ1) is 31.0. The Morgan fingerprint density at radius 1 is 1.04 bits per heavy atom. The van der Waals surface area contributed by atoms with Crippen LogP contribution in [0.5, 0.6) is 5.75 Å². The van der Waals surface area contributed by atoms with E-state index in [2.05, 4.69) is 10.3 Å². The predicted molar refractivity (Wildman–Crippen MR) is 167 cm³/mol. The number of benzene rings is 3. The number of hydrogen-bond donors (Lipinski definition) is 2. The number of non-ortho nitro benzene ring substituents is 1. The molecule has 2 heterocycles. The number of halogens is 1. The number of alkyl carbamates (subject to hydrolysis) is 1. The molecule has 0 radical (unpaired) electrons. The van der Waals surface area contributed by atoms with E-state index in [0.717, 1.165) is 17.2 Å². The number of hydrogen-bond acceptors (Lipinski definition) is 8. The summed E-state index contributed by atoms with van der Waals surface area (Å²) in [6.07, 6.45) is -0.423. The van der Waals surface area contributed by atoms with Gasteiger partial charge in [0.1, 0.15) is 23.5 Å². The van der Waals surface area contributed by atoms with Crippen molar-refractivity contribution in [2.45, 2.75) is 32.8 Å². The van der Waals surface area contributed by atoms with Crippen LogP contribution in [-0.4, -0.2) is 43.7 Å². The number of nitrogens with one attached hydrogen (secondary N) is 2. The zero-order valence-corrected chi connectivity index (χ0v) is 25.3. The third kappa shape index (κ3) is 7.36. The van der Waals surface area contributed by atoms with E-state index in [4.69, 9.17) is 26.2 Å². The molecule has 0 saturated heterocycles. The van der Waals surface area contributed by atoms with E-state index < -0.39 is 34.7 Å².